The molecule has 1 N–H and O–H groups in total. The highest BCUT2D eigenvalue weighted by Gasteiger charge is 2.17. The fourth-order valence-corrected chi connectivity index (χ4v) is 1.93. The van der Waals surface area contributed by atoms with E-state index in [1.165, 1.54) is 11.1 Å². The second kappa shape index (κ2) is 5.15. The Morgan fingerprint density at radius 3 is 2.82 bits per heavy atom. The molecule has 0 bridgehead atoms. The van der Waals surface area contributed by atoms with E-state index in [1.807, 2.05) is 32.3 Å². The molecule has 0 radical (unpaired) electrons. The van der Waals surface area contributed by atoms with E-state index in [4.69, 9.17) is 0 Å². The van der Waals surface area contributed by atoms with Gasteiger partial charge in [-0.3, -0.25) is 4.79 Å². The SMILES string of the molecule is CN(C)CCNC(=O)C1=Cc2ccccc2C1. The van der Waals surface area contributed by atoms with Crippen molar-refractivity contribution in [3.63, 3.8) is 0 Å². The highest BCUT2D eigenvalue weighted by Crippen LogP contribution is 2.24. The number of carbonyl (C=O) groups excluding carboxylic acids is 1. The second-order valence-electron chi connectivity index (χ2n) is 4.60. The molecule has 0 fully saturated rings. The molecule has 1 aromatic carbocycles. The lowest BCUT2D eigenvalue weighted by molar-refractivity contribution is -0.117. The molecule has 0 saturated heterocycles. The number of rotatable bonds is 4. The molecule has 3 heteroatoms. The van der Waals surface area contributed by atoms with Gasteiger partial charge in [0, 0.05) is 25.1 Å². The van der Waals surface area contributed by atoms with Gasteiger partial charge in [0.05, 0.1) is 0 Å². The Morgan fingerprint density at radius 1 is 1.35 bits per heavy atom. The maximum absolute atomic E-state index is 11.9. The predicted octanol–water partition coefficient (Wildman–Crippen LogP) is 1.30. The molecule has 0 aromatic heterocycles. The molecular weight excluding hydrogens is 212 g/mol. The van der Waals surface area contributed by atoms with E-state index >= 15 is 0 Å². The standard InChI is InChI=1S/C14H18N2O/c1-16(2)8-7-15-14(17)13-9-11-5-3-4-6-12(11)10-13/h3-6,9H,7-8,10H2,1-2H3,(H,15,17). The normalized spacial score (nSPS) is 13.5. The van der Waals surface area contributed by atoms with E-state index in [1.54, 1.807) is 0 Å². The fourth-order valence-electron chi connectivity index (χ4n) is 1.93. The van der Waals surface area contributed by atoms with Crippen molar-refractivity contribution in [2.75, 3.05) is 27.2 Å². The van der Waals surface area contributed by atoms with Crippen LogP contribution in [0.25, 0.3) is 6.08 Å². The van der Waals surface area contributed by atoms with Crippen LogP contribution in [0.5, 0.6) is 0 Å². The van der Waals surface area contributed by atoms with Crippen LogP contribution in [0.3, 0.4) is 0 Å². The first kappa shape index (κ1) is 11.9. The van der Waals surface area contributed by atoms with E-state index in [-0.39, 0.29) is 5.91 Å². The number of fused-ring (bicyclic) bond motifs is 1. The Morgan fingerprint density at radius 2 is 2.12 bits per heavy atom. The van der Waals surface area contributed by atoms with Gasteiger partial charge in [0.1, 0.15) is 0 Å². The number of hydrogen-bond donors (Lipinski definition) is 1. The van der Waals surface area contributed by atoms with Crippen LogP contribution < -0.4 is 5.32 Å². The Kier molecular flexibility index (Phi) is 3.59. The Labute approximate surface area is 102 Å². The molecule has 1 aromatic rings. The number of nitrogens with zero attached hydrogens (tertiary/aromatic N) is 1. The Balaban J connectivity index is 1.91. The second-order valence-corrected chi connectivity index (χ2v) is 4.60. The van der Waals surface area contributed by atoms with Crippen molar-refractivity contribution in [1.82, 2.24) is 10.2 Å². The smallest absolute Gasteiger partial charge is 0.247 e. The highest BCUT2D eigenvalue weighted by atomic mass is 16.1. The summed E-state index contributed by atoms with van der Waals surface area (Å²) in [6.45, 7) is 1.56. The van der Waals surface area contributed by atoms with Crippen LogP contribution in [0.15, 0.2) is 29.8 Å². The van der Waals surface area contributed by atoms with Gasteiger partial charge in [-0.15, -0.1) is 0 Å². The number of nitrogens with one attached hydrogen (secondary N) is 1. The minimum atomic E-state index is 0.0584. The van der Waals surface area contributed by atoms with Gasteiger partial charge in [0.2, 0.25) is 5.91 Å². The van der Waals surface area contributed by atoms with E-state index in [2.05, 4.69) is 22.3 Å². The molecule has 3 nitrogen and oxygen atoms in total. The van der Waals surface area contributed by atoms with Crippen LogP contribution in [0.2, 0.25) is 0 Å². The zero-order chi connectivity index (χ0) is 12.3. The maximum atomic E-state index is 11.9. The summed E-state index contributed by atoms with van der Waals surface area (Å²) in [4.78, 5) is 14.0. The van der Waals surface area contributed by atoms with Crippen LogP contribution in [-0.4, -0.2) is 38.0 Å². The van der Waals surface area contributed by atoms with Crippen LogP contribution in [0.1, 0.15) is 11.1 Å². The number of likely N-dealkylation sites (N-methyl/N-ethyl adjacent to an activating group) is 1. The van der Waals surface area contributed by atoms with Crippen LogP contribution in [0, 0.1) is 0 Å². The van der Waals surface area contributed by atoms with E-state index < -0.39 is 0 Å². The van der Waals surface area contributed by atoms with Gasteiger partial charge in [0.25, 0.3) is 0 Å². The van der Waals surface area contributed by atoms with Gasteiger partial charge < -0.3 is 10.2 Å². The molecule has 0 spiro atoms. The Hall–Kier alpha value is -1.61. The Bertz CT molecular complexity index is 449. The zero-order valence-corrected chi connectivity index (χ0v) is 10.4. The summed E-state index contributed by atoms with van der Waals surface area (Å²) < 4.78 is 0. The van der Waals surface area contributed by atoms with Gasteiger partial charge in [0.15, 0.2) is 0 Å². The summed E-state index contributed by atoms with van der Waals surface area (Å²) in [5, 5.41) is 2.94. The van der Waals surface area contributed by atoms with Crippen molar-refractivity contribution in [1.29, 1.82) is 0 Å². The third-order valence-corrected chi connectivity index (χ3v) is 2.90. The molecule has 0 saturated carbocycles. The largest absolute Gasteiger partial charge is 0.351 e. The average Bonchev–Trinajstić information content (AvgIpc) is 2.71. The first-order valence-corrected chi connectivity index (χ1v) is 5.88. The topological polar surface area (TPSA) is 32.3 Å². The lowest BCUT2D eigenvalue weighted by Gasteiger charge is -2.10. The highest BCUT2D eigenvalue weighted by molar-refractivity contribution is 6.00. The summed E-state index contributed by atoms with van der Waals surface area (Å²) in [7, 11) is 3.99. The number of hydrogen-bond acceptors (Lipinski definition) is 2. The van der Waals surface area contributed by atoms with Gasteiger partial charge in [-0.2, -0.15) is 0 Å². The van der Waals surface area contributed by atoms with Crippen molar-refractivity contribution in [3.05, 3.63) is 41.0 Å². The number of amides is 1. The third kappa shape index (κ3) is 2.94. The minimum absolute atomic E-state index is 0.0584. The monoisotopic (exact) mass is 230 g/mol. The van der Waals surface area contributed by atoms with E-state index in [0.717, 1.165) is 18.5 Å². The zero-order valence-electron chi connectivity index (χ0n) is 10.4. The number of benzene rings is 1. The van der Waals surface area contributed by atoms with Crippen molar-refractivity contribution >= 4 is 12.0 Å². The van der Waals surface area contributed by atoms with Crippen LogP contribution >= 0.6 is 0 Å². The van der Waals surface area contributed by atoms with Crippen molar-refractivity contribution in [2.45, 2.75) is 6.42 Å². The first-order chi connectivity index (χ1) is 8.16. The van der Waals surface area contributed by atoms with Gasteiger partial charge in [-0.25, -0.2) is 0 Å². The number of carbonyl (C=O) groups is 1. The molecule has 1 aliphatic carbocycles. The maximum Gasteiger partial charge on any atom is 0.247 e. The summed E-state index contributed by atoms with van der Waals surface area (Å²) in [6, 6.07) is 8.14. The molecule has 0 aliphatic heterocycles. The lowest BCUT2D eigenvalue weighted by Crippen LogP contribution is -2.32. The fraction of sp³-hybridized carbons (Fsp3) is 0.357. The molecule has 0 unspecified atom stereocenters. The molecular formula is C14H18N2O. The molecule has 2 rings (SSSR count). The molecule has 90 valence electrons. The van der Waals surface area contributed by atoms with Crippen molar-refractivity contribution in [3.8, 4) is 0 Å². The first-order valence-electron chi connectivity index (χ1n) is 5.88. The van der Waals surface area contributed by atoms with E-state index in [0.29, 0.717) is 6.54 Å². The molecule has 1 aliphatic rings. The summed E-state index contributed by atoms with van der Waals surface area (Å²) in [5.74, 6) is 0.0584. The predicted molar refractivity (Wildman–Crippen MR) is 69.7 cm³/mol. The van der Waals surface area contributed by atoms with Gasteiger partial charge in [-0.05, 0) is 31.3 Å². The molecule has 0 heterocycles. The minimum Gasteiger partial charge on any atom is -0.351 e. The van der Waals surface area contributed by atoms with Crippen molar-refractivity contribution < 1.29 is 4.79 Å². The molecule has 0 atom stereocenters. The van der Waals surface area contributed by atoms with Gasteiger partial charge >= 0.3 is 0 Å². The molecule has 17 heavy (non-hydrogen) atoms. The lowest BCUT2D eigenvalue weighted by atomic mass is 10.1. The van der Waals surface area contributed by atoms with Crippen molar-refractivity contribution in [2.24, 2.45) is 0 Å². The quantitative estimate of drug-likeness (QED) is 0.845. The summed E-state index contributed by atoms with van der Waals surface area (Å²) in [6.07, 6.45) is 2.74. The molecule has 1 amide bonds. The van der Waals surface area contributed by atoms with E-state index in [9.17, 15) is 4.79 Å². The average molecular weight is 230 g/mol. The summed E-state index contributed by atoms with van der Waals surface area (Å²) >= 11 is 0. The summed E-state index contributed by atoms with van der Waals surface area (Å²) in [5.41, 5.74) is 3.28. The third-order valence-electron chi connectivity index (χ3n) is 2.90. The van der Waals surface area contributed by atoms with Crippen LogP contribution in [0.4, 0.5) is 0 Å². The van der Waals surface area contributed by atoms with Crippen LogP contribution in [-0.2, 0) is 11.2 Å². The van der Waals surface area contributed by atoms with Gasteiger partial charge in [-0.1, -0.05) is 24.3 Å².